The minimum absolute atomic E-state index is 0.360. The van der Waals surface area contributed by atoms with Gasteiger partial charge in [0.1, 0.15) is 0 Å². The fourth-order valence-electron chi connectivity index (χ4n) is 3.26. The van der Waals surface area contributed by atoms with Gasteiger partial charge in [-0.3, -0.25) is 0 Å². The predicted octanol–water partition coefficient (Wildman–Crippen LogP) is 4.56. The zero-order valence-corrected chi connectivity index (χ0v) is 13.1. The van der Waals surface area contributed by atoms with E-state index in [1.54, 1.807) is 4.88 Å². The number of benzene rings is 1. The molecule has 0 bridgehead atoms. The molecule has 1 aliphatic rings. The van der Waals surface area contributed by atoms with Gasteiger partial charge < -0.3 is 5.32 Å². The summed E-state index contributed by atoms with van der Waals surface area (Å²) in [5, 5.41) is 5.87. The molecular formula is C18H23NS. The zero-order valence-electron chi connectivity index (χ0n) is 12.3. The van der Waals surface area contributed by atoms with Crippen molar-refractivity contribution in [1.82, 2.24) is 5.32 Å². The van der Waals surface area contributed by atoms with E-state index in [4.69, 9.17) is 0 Å². The number of hydrogen-bond donors (Lipinski definition) is 1. The Morgan fingerprint density at radius 2 is 1.90 bits per heavy atom. The van der Waals surface area contributed by atoms with Crippen LogP contribution in [0, 0.1) is 0 Å². The van der Waals surface area contributed by atoms with Crippen LogP contribution in [0.1, 0.15) is 43.0 Å². The molecule has 1 fully saturated rings. The van der Waals surface area contributed by atoms with Crippen molar-refractivity contribution in [2.45, 2.75) is 44.1 Å². The topological polar surface area (TPSA) is 12.0 Å². The van der Waals surface area contributed by atoms with Gasteiger partial charge >= 0.3 is 0 Å². The first-order chi connectivity index (χ1) is 9.70. The van der Waals surface area contributed by atoms with Gasteiger partial charge in [-0.1, -0.05) is 50.2 Å². The Labute approximate surface area is 126 Å². The lowest BCUT2D eigenvalue weighted by molar-refractivity contribution is 0.194. The molecule has 0 spiro atoms. The number of hydrogen-bond acceptors (Lipinski definition) is 2. The van der Waals surface area contributed by atoms with Crippen LogP contribution >= 0.6 is 11.3 Å². The highest BCUT2D eigenvalue weighted by molar-refractivity contribution is 7.10. The largest absolute Gasteiger partial charge is 0.314 e. The van der Waals surface area contributed by atoms with Crippen LogP contribution in [-0.4, -0.2) is 12.6 Å². The quantitative estimate of drug-likeness (QED) is 0.849. The number of thiophene rings is 1. The summed E-state index contributed by atoms with van der Waals surface area (Å²) in [6, 6.07) is 16.0. The first kappa shape index (κ1) is 13.8. The summed E-state index contributed by atoms with van der Waals surface area (Å²) < 4.78 is 0. The molecule has 2 aromatic rings. The molecule has 106 valence electrons. The molecule has 1 saturated carbocycles. The van der Waals surface area contributed by atoms with Crippen LogP contribution in [0.2, 0.25) is 0 Å². The Kier molecular flexibility index (Phi) is 3.95. The van der Waals surface area contributed by atoms with Crippen LogP contribution in [0.3, 0.4) is 0 Å². The van der Waals surface area contributed by atoms with Crippen molar-refractivity contribution in [2.75, 3.05) is 6.54 Å². The average Bonchev–Trinajstić information content (AvgIpc) is 2.93. The molecule has 0 radical (unpaired) electrons. The fraction of sp³-hybridized carbons (Fsp3) is 0.444. The van der Waals surface area contributed by atoms with Crippen molar-refractivity contribution < 1.29 is 0 Å². The second-order valence-corrected chi connectivity index (χ2v) is 7.26. The molecule has 1 aliphatic carbocycles. The highest BCUT2D eigenvalue weighted by atomic mass is 32.1. The Bertz CT molecular complexity index is 524. The summed E-state index contributed by atoms with van der Waals surface area (Å²) in [6.07, 6.45) is 2.55. The van der Waals surface area contributed by atoms with Crippen molar-refractivity contribution >= 4 is 11.3 Å². The monoisotopic (exact) mass is 285 g/mol. The molecule has 1 aromatic heterocycles. The Balaban J connectivity index is 1.74. The van der Waals surface area contributed by atoms with Gasteiger partial charge in [0.05, 0.1) is 0 Å². The molecule has 0 aliphatic heterocycles. The summed E-state index contributed by atoms with van der Waals surface area (Å²) >= 11 is 1.91. The summed E-state index contributed by atoms with van der Waals surface area (Å²) in [7, 11) is 0. The SMILES string of the molecule is CC(C)NCC1(c2cccs2)CC(c2ccccc2)C1. The third-order valence-electron chi connectivity index (χ3n) is 4.44. The summed E-state index contributed by atoms with van der Waals surface area (Å²) in [5.74, 6) is 0.729. The molecule has 20 heavy (non-hydrogen) atoms. The summed E-state index contributed by atoms with van der Waals surface area (Å²) in [4.78, 5) is 1.55. The van der Waals surface area contributed by atoms with Gasteiger partial charge in [0.15, 0.2) is 0 Å². The van der Waals surface area contributed by atoms with E-state index in [0.29, 0.717) is 11.5 Å². The van der Waals surface area contributed by atoms with Crippen molar-refractivity contribution in [2.24, 2.45) is 0 Å². The highest BCUT2D eigenvalue weighted by Crippen LogP contribution is 2.53. The first-order valence-electron chi connectivity index (χ1n) is 7.52. The molecule has 0 atom stereocenters. The van der Waals surface area contributed by atoms with E-state index in [2.05, 4.69) is 67.0 Å². The van der Waals surface area contributed by atoms with Crippen molar-refractivity contribution in [3.05, 3.63) is 58.3 Å². The van der Waals surface area contributed by atoms with Gasteiger partial charge in [0, 0.05) is 22.9 Å². The minimum Gasteiger partial charge on any atom is -0.314 e. The Hall–Kier alpha value is -1.12. The minimum atomic E-state index is 0.360. The molecule has 1 nitrogen and oxygen atoms in total. The third kappa shape index (κ3) is 2.68. The van der Waals surface area contributed by atoms with E-state index in [0.717, 1.165) is 12.5 Å². The highest BCUT2D eigenvalue weighted by Gasteiger charge is 2.46. The van der Waals surface area contributed by atoms with Crippen LogP contribution in [0.25, 0.3) is 0 Å². The van der Waals surface area contributed by atoms with Gasteiger partial charge in [0.25, 0.3) is 0 Å². The lowest BCUT2D eigenvalue weighted by Gasteiger charge is -2.48. The van der Waals surface area contributed by atoms with Gasteiger partial charge in [0.2, 0.25) is 0 Å². The van der Waals surface area contributed by atoms with Crippen LogP contribution in [-0.2, 0) is 5.41 Å². The standard InChI is InChI=1S/C18H23NS/c1-14(2)19-13-18(17-9-6-10-20-17)11-16(12-18)15-7-4-3-5-8-15/h3-10,14,16,19H,11-13H2,1-2H3. The van der Waals surface area contributed by atoms with Gasteiger partial charge in [-0.2, -0.15) is 0 Å². The fourth-order valence-corrected chi connectivity index (χ4v) is 4.21. The van der Waals surface area contributed by atoms with Crippen molar-refractivity contribution in [1.29, 1.82) is 0 Å². The Morgan fingerprint density at radius 3 is 2.50 bits per heavy atom. The zero-order chi connectivity index (χ0) is 14.0. The molecule has 1 N–H and O–H groups in total. The van der Waals surface area contributed by atoms with Gasteiger partial charge in [-0.05, 0) is 35.8 Å². The third-order valence-corrected chi connectivity index (χ3v) is 5.55. The molecular weight excluding hydrogens is 262 g/mol. The molecule has 0 unspecified atom stereocenters. The molecule has 0 saturated heterocycles. The molecule has 0 amide bonds. The van der Waals surface area contributed by atoms with E-state index >= 15 is 0 Å². The second-order valence-electron chi connectivity index (χ2n) is 6.31. The first-order valence-corrected chi connectivity index (χ1v) is 8.40. The van der Waals surface area contributed by atoms with E-state index in [9.17, 15) is 0 Å². The van der Waals surface area contributed by atoms with E-state index in [-0.39, 0.29) is 0 Å². The number of rotatable bonds is 5. The van der Waals surface area contributed by atoms with Crippen LogP contribution in [0.15, 0.2) is 47.8 Å². The van der Waals surface area contributed by atoms with E-state index < -0.39 is 0 Å². The van der Waals surface area contributed by atoms with E-state index in [1.165, 1.54) is 18.4 Å². The molecule has 1 aromatic carbocycles. The van der Waals surface area contributed by atoms with Crippen LogP contribution in [0.5, 0.6) is 0 Å². The normalized spacial score (nSPS) is 25.6. The van der Waals surface area contributed by atoms with Crippen molar-refractivity contribution in [3.8, 4) is 0 Å². The maximum Gasteiger partial charge on any atom is 0.0183 e. The van der Waals surface area contributed by atoms with E-state index in [1.807, 2.05) is 11.3 Å². The molecule has 3 rings (SSSR count). The lowest BCUT2D eigenvalue weighted by atomic mass is 9.59. The summed E-state index contributed by atoms with van der Waals surface area (Å²) in [6.45, 7) is 5.57. The maximum absolute atomic E-state index is 3.66. The van der Waals surface area contributed by atoms with Crippen LogP contribution in [0.4, 0.5) is 0 Å². The molecule has 1 heterocycles. The van der Waals surface area contributed by atoms with Gasteiger partial charge in [-0.15, -0.1) is 11.3 Å². The summed E-state index contributed by atoms with van der Waals surface area (Å²) in [5.41, 5.74) is 1.86. The number of nitrogens with one attached hydrogen (secondary N) is 1. The second kappa shape index (κ2) is 5.71. The smallest absolute Gasteiger partial charge is 0.0183 e. The Morgan fingerprint density at radius 1 is 1.15 bits per heavy atom. The van der Waals surface area contributed by atoms with Crippen LogP contribution < -0.4 is 5.32 Å². The van der Waals surface area contributed by atoms with Gasteiger partial charge in [-0.25, -0.2) is 0 Å². The maximum atomic E-state index is 3.66. The van der Waals surface area contributed by atoms with Crippen molar-refractivity contribution in [3.63, 3.8) is 0 Å². The lowest BCUT2D eigenvalue weighted by Crippen LogP contribution is -2.48. The molecule has 2 heteroatoms. The predicted molar refractivity (Wildman–Crippen MR) is 87.6 cm³/mol. The average molecular weight is 285 g/mol.